The molecule has 27 heavy (non-hydrogen) atoms. The molecule has 0 bridgehead atoms. The van der Waals surface area contributed by atoms with Crippen molar-refractivity contribution in [1.82, 2.24) is 20.1 Å². The van der Waals surface area contributed by atoms with Gasteiger partial charge in [0.25, 0.3) is 5.91 Å². The van der Waals surface area contributed by atoms with E-state index in [9.17, 15) is 9.18 Å². The zero-order valence-corrected chi connectivity index (χ0v) is 15.6. The monoisotopic (exact) mass is 427 g/mol. The molecule has 8 heteroatoms. The van der Waals surface area contributed by atoms with Gasteiger partial charge in [0.15, 0.2) is 0 Å². The number of halogens is 2. The zero-order valence-electron chi connectivity index (χ0n) is 14.1. The number of hydrogen-bond donors (Lipinski definition) is 2. The molecule has 0 saturated carbocycles. The molecule has 136 valence electrons. The maximum atomic E-state index is 14.4. The number of rotatable bonds is 4. The second-order valence-electron chi connectivity index (χ2n) is 6.01. The normalized spacial score (nSPS) is 15.5. The number of hydrogen-bond acceptors (Lipinski definition) is 4. The maximum Gasteiger partial charge on any atom is 0.267 e. The molecule has 2 heterocycles. The fraction of sp³-hybridized carbons (Fsp3) is 0.105. The fourth-order valence-electron chi connectivity index (χ4n) is 2.90. The Morgan fingerprint density at radius 3 is 2.89 bits per heavy atom. The Morgan fingerprint density at radius 2 is 2.07 bits per heavy atom. The third-order valence-electron chi connectivity index (χ3n) is 4.22. The van der Waals surface area contributed by atoms with Gasteiger partial charge in [0.1, 0.15) is 23.9 Å². The number of carbonyl (C=O) groups is 1. The van der Waals surface area contributed by atoms with Gasteiger partial charge in [-0.3, -0.25) is 4.79 Å². The molecule has 1 aliphatic rings. The quantitative estimate of drug-likeness (QED) is 0.669. The minimum absolute atomic E-state index is 0.298. The van der Waals surface area contributed by atoms with Gasteiger partial charge in [-0.2, -0.15) is 10.1 Å². The number of nitrogens with zero attached hydrogens (tertiary/aromatic N) is 3. The van der Waals surface area contributed by atoms with Gasteiger partial charge in [0, 0.05) is 16.6 Å². The second-order valence-corrected chi connectivity index (χ2v) is 6.93. The first-order valence-electron chi connectivity index (χ1n) is 8.27. The van der Waals surface area contributed by atoms with Crippen molar-refractivity contribution in [2.75, 3.05) is 5.32 Å². The van der Waals surface area contributed by atoms with Crippen LogP contribution in [0, 0.1) is 5.82 Å². The van der Waals surface area contributed by atoms with E-state index in [-0.39, 0.29) is 11.7 Å². The van der Waals surface area contributed by atoms with Gasteiger partial charge < -0.3 is 10.6 Å². The van der Waals surface area contributed by atoms with E-state index in [1.54, 1.807) is 22.9 Å². The minimum atomic E-state index is -0.585. The van der Waals surface area contributed by atoms with E-state index in [4.69, 9.17) is 0 Å². The highest BCUT2D eigenvalue weighted by molar-refractivity contribution is 9.10. The number of allylic oxidation sites excluding steroid dienone is 1. The van der Waals surface area contributed by atoms with Crippen LogP contribution in [-0.2, 0) is 11.3 Å². The van der Waals surface area contributed by atoms with E-state index in [0.717, 1.165) is 10.0 Å². The van der Waals surface area contributed by atoms with Crippen LogP contribution in [0.25, 0.3) is 0 Å². The summed E-state index contributed by atoms with van der Waals surface area (Å²) in [5.41, 5.74) is 1.68. The van der Waals surface area contributed by atoms with E-state index in [2.05, 4.69) is 36.6 Å². The van der Waals surface area contributed by atoms with E-state index in [1.165, 1.54) is 12.4 Å². The lowest BCUT2D eigenvalue weighted by atomic mass is 10.0. The minimum Gasteiger partial charge on any atom is -0.347 e. The molecule has 0 spiro atoms. The first-order valence-corrected chi connectivity index (χ1v) is 9.06. The lowest BCUT2D eigenvalue weighted by molar-refractivity contribution is -0.117. The SMILES string of the molecule is O=C(NCc1ccccc1)C1=CC(c2cc(Br)ccc2F)n2ncnc2N1. The number of nitrogens with one attached hydrogen (secondary N) is 2. The molecule has 3 aromatic rings. The average Bonchev–Trinajstić information content (AvgIpc) is 3.17. The standard InChI is InChI=1S/C19H15BrFN5O/c20-13-6-7-15(21)14(8-13)17-9-16(25-19-23-11-24-26(17)19)18(27)22-10-12-4-2-1-3-5-12/h1-9,11,17H,10H2,(H,22,27)(H,23,24,25). The molecule has 2 aromatic carbocycles. The summed E-state index contributed by atoms with van der Waals surface area (Å²) in [5.74, 6) is -0.299. The van der Waals surface area contributed by atoms with Gasteiger partial charge in [-0.15, -0.1) is 0 Å². The molecule has 0 fully saturated rings. The third-order valence-corrected chi connectivity index (χ3v) is 4.72. The second kappa shape index (κ2) is 7.32. The van der Waals surface area contributed by atoms with Crippen LogP contribution < -0.4 is 10.6 Å². The van der Waals surface area contributed by atoms with Crippen molar-refractivity contribution >= 4 is 27.8 Å². The van der Waals surface area contributed by atoms with Crippen LogP contribution in [-0.4, -0.2) is 20.7 Å². The summed E-state index contributed by atoms with van der Waals surface area (Å²) >= 11 is 3.36. The molecule has 0 saturated heterocycles. The van der Waals surface area contributed by atoms with Crippen LogP contribution in [0.2, 0.25) is 0 Å². The smallest absolute Gasteiger partial charge is 0.267 e. The van der Waals surface area contributed by atoms with Crippen LogP contribution in [0.1, 0.15) is 17.2 Å². The van der Waals surface area contributed by atoms with E-state index in [0.29, 0.717) is 23.8 Å². The summed E-state index contributed by atoms with van der Waals surface area (Å²) in [5, 5.41) is 9.97. The lowest BCUT2D eigenvalue weighted by Crippen LogP contribution is -2.32. The number of amides is 1. The number of anilines is 1. The van der Waals surface area contributed by atoms with Gasteiger partial charge in [0.05, 0.1) is 0 Å². The van der Waals surface area contributed by atoms with Gasteiger partial charge in [-0.05, 0) is 29.8 Å². The molecular formula is C19H15BrFN5O. The highest BCUT2D eigenvalue weighted by atomic mass is 79.9. The maximum absolute atomic E-state index is 14.4. The molecule has 2 N–H and O–H groups in total. The Hall–Kier alpha value is -3.00. The van der Waals surface area contributed by atoms with E-state index < -0.39 is 6.04 Å². The molecular weight excluding hydrogens is 413 g/mol. The fourth-order valence-corrected chi connectivity index (χ4v) is 3.28. The summed E-state index contributed by atoms with van der Waals surface area (Å²) < 4.78 is 16.7. The Kier molecular flexibility index (Phi) is 4.72. The lowest BCUT2D eigenvalue weighted by Gasteiger charge is -2.24. The summed E-state index contributed by atoms with van der Waals surface area (Å²) in [6, 6.07) is 13.7. The topological polar surface area (TPSA) is 71.8 Å². The van der Waals surface area contributed by atoms with E-state index >= 15 is 0 Å². The molecule has 1 atom stereocenters. The van der Waals surface area contributed by atoms with Crippen molar-refractivity contribution < 1.29 is 9.18 Å². The number of carbonyl (C=O) groups excluding carboxylic acids is 1. The zero-order chi connectivity index (χ0) is 18.8. The number of fused-ring (bicyclic) bond motifs is 1. The summed E-state index contributed by atoms with van der Waals surface area (Å²) in [6.45, 7) is 0.390. The number of benzene rings is 2. The molecule has 1 aliphatic heterocycles. The van der Waals surface area contributed by atoms with Gasteiger partial charge in [-0.1, -0.05) is 46.3 Å². The molecule has 1 aromatic heterocycles. The van der Waals surface area contributed by atoms with Crippen LogP contribution in [0.5, 0.6) is 0 Å². The largest absolute Gasteiger partial charge is 0.347 e. The van der Waals surface area contributed by atoms with Crippen molar-refractivity contribution in [3.8, 4) is 0 Å². The Balaban J connectivity index is 1.62. The summed E-state index contributed by atoms with van der Waals surface area (Å²) in [7, 11) is 0. The predicted octanol–water partition coefficient (Wildman–Crippen LogP) is 3.39. The number of aromatic nitrogens is 3. The van der Waals surface area contributed by atoms with Crippen LogP contribution in [0.4, 0.5) is 10.3 Å². The van der Waals surface area contributed by atoms with Gasteiger partial charge >= 0.3 is 0 Å². The van der Waals surface area contributed by atoms with Gasteiger partial charge in [-0.25, -0.2) is 9.07 Å². The first kappa shape index (κ1) is 17.4. The van der Waals surface area contributed by atoms with Crippen molar-refractivity contribution in [3.05, 3.63) is 88.0 Å². The molecule has 1 amide bonds. The molecule has 0 aliphatic carbocycles. The van der Waals surface area contributed by atoms with E-state index in [1.807, 2.05) is 30.3 Å². The van der Waals surface area contributed by atoms with Crippen molar-refractivity contribution in [2.45, 2.75) is 12.6 Å². The Labute approximate surface area is 163 Å². The van der Waals surface area contributed by atoms with Crippen LogP contribution >= 0.6 is 15.9 Å². The van der Waals surface area contributed by atoms with Crippen molar-refractivity contribution in [3.63, 3.8) is 0 Å². The van der Waals surface area contributed by atoms with Crippen LogP contribution in [0.3, 0.4) is 0 Å². The molecule has 0 radical (unpaired) electrons. The summed E-state index contributed by atoms with van der Waals surface area (Å²) in [6.07, 6.45) is 3.01. The molecule has 4 rings (SSSR count). The van der Waals surface area contributed by atoms with Crippen LogP contribution in [0.15, 0.2) is 71.1 Å². The Bertz CT molecular complexity index is 1020. The first-order chi connectivity index (χ1) is 13.1. The molecule has 1 unspecified atom stereocenters. The third kappa shape index (κ3) is 3.61. The predicted molar refractivity (Wildman–Crippen MR) is 102 cm³/mol. The highest BCUT2D eigenvalue weighted by Gasteiger charge is 2.27. The Morgan fingerprint density at radius 1 is 1.26 bits per heavy atom. The van der Waals surface area contributed by atoms with Crippen molar-refractivity contribution in [2.24, 2.45) is 0 Å². The summed E-state index contributed by atoms with van der Waals surface area (Å²) in [4.78, 5) is 16.8. The average molecular weight is 428 g/mol. The molecule has 6 nitrogen and oxygen atoms in total. The van der Waals surface area contributed by atoms with Gasteiger partial charge in [0.2, 0.25) is 5.95 Å². The highest BCUT2D eigenvalue weighted by Crippen LogP contribution is 2.31. The van der Waals surface area contributed by atoms with Crippen molar-refractivity contribution in [1.29, 1.82) is 0 Å².